The summed E-state index contributed by atoms with van der Waals surface area (Å²) in [6.45, 7) is 10.4. The highest BCUT2D eigenvalue weighted by Crippen LogP contribution is 2.40. The van der Waals surface area contributed by atoms with Crippen LogP contribution in [0.4, 0.5) is 5.13 Å². The molecule has 1 aliphatic heterocycles. The van der Waals surface area contributed by atoms with Gasteiger partial charge in [0.25, 0.3) is 0 Å². The molecule has 20 heavy (non-hydrogen) atoms. The maximum atomic E-state index is 4.98. The second kappa shape index (κ2) is 5.64. The van der Waals surface area contributed by atoms with E-state index in [0.717, 1.165) is 13.1 Å². The molecule has 2 heterocycles. The van der Waals surface area contributed by atoms with Gasteiger partial charge in [-0.2, -0.15) is 0 Å². The first-order valence-corrected chi connectivity index (χ1v) is 8.88. The van der Waals surface area contributed by atoms with Crippen molar-refractivity contribution in [2.75, 3.05) is 24.5 Å². The number of thiazole rings is 1. The maximum absolute atomic E-state index is 4.98. The molecule has 0 saturated carbocycles. The Morgan fingerprint density at radius 1 is 1.40 bits per heavy atom. The van der Waals surface area contributed by atoms with Gasteiger partial charge in [-0.15, -0.1) is 0 Å². The van der Waals surface area contributed by atoms with Crippen molar-refractivity contribution < 1.29 is 0 Å². The van der Waals surface area contributed by atoms with E-state index in [0.29, 0.717) is 11.5 Å². The number of nitrogens with zero attached hydrogens (tertiary/aromatic N) is 2. The molecule has 2 aliphatic rings. The van der Waals surface area contributed by atoms with E-state index in [-0.39, 0.29) is 0 Å². The first-order valence-electron chi connectivity index (χ1n) is 8.07. The number of anilines is 1. The zero-order chi connectivity index (χ0) is 14.2. The van der Waals surface area contributed by atoms with Crippen molar-refractivity contribution in [3.8, 4) is 0 Å². The second-order valence-electron chi connectivity index (χ2n) is 7.00. The van der Waals surface area contributed by atoms with Crippen LogP contribution < -0.4 is 10.2 Å². The van der Waals surface area contributed by atoms with Gasteiger partial charge in [0, 0.05) is 24.0 Å². The number of aryl methyl sites for hydroxylation is 1. The van der Waals surface area contributed by atoms with Gasteiger partial charge in [-0.05, 0) is 44.1 Å². The number of fused-ring (bicyclic) bond motifs is 1. The van der Waals surface area contributed by atoms with Crippen LogP contribution in [0.2, 0.25) is 0 Å². The zero-order valence-corrected chi connectivity index (χ0v) is 13.9. The number of aromatic nitrogens is 1. The Morgan fingerprint density at radius 2 is 2.25 bits per heavy atom. The SMILES string of the molecule is CCNC1CCCc2nc(N3CCCC(C)(C)C3)sc21. The van der Waals surface area contributed by atoms with Crippen molar-refractivity contribution in [2.24, 2.45) is 5.41 Å². The molecule has 1 aliphatic carbocycles. The van der Waals surface area contributed by atoms with Crippen molar-refractivity contribution in [1.82, 2.24) is 10.3 Å². The van der Waals surface area contributed by atoms with E-state index in [1.165, 1.54) is 54.4 Å². The fourth-order valence-electron chi connectivity index (χ4n) is 3.57. The van der Waals surface area contributed by atoms with Crippen LogP contribution >= 0.6 is 11.3 Å². The van der Waals surface area contributed by atoms with Crippen LogP contribution in [0.1, 0.15) is 63.1 Å². The molecule has 0 amide bonds. The second-order valence-corrected chi connectivity index (χ2v) is 8.01. The highest BCUT2D eigenvalue weighted by Gasteiger charge is 2.30. The predicted molar refractivity (Wildman–Crippen MR) is 86.7 cm³/mol. The van der Waals surface area contributed by atoms with E-state index in [9.17, 15) is 0 Å². The predicted octanol–water partition coefficient (Wildman–Crippen LogP) is 3.76. The van der Waals surface area contributed by atoms with Crippen molar-refractivity contribution in [2.45, 2.75) is 58.9 Å². The Hall–Kier alpha value is -0.610. The van der Waals surface area contributed by atoms with E-state index in [2.05, 4.69) is 31.0 Å². The van der Waals surface area contributed by atoms with Crippen molar-refractivity contribution in [3.05, 3.63) is 10.6 Å². The third-order valence-corrected chi connectivity index (χ3v) is 5.83. The van der Waals surface area contributed by atoms with Crippen LogP contribution in [0.5, 0.6) is 0 Å². The van der Waals surface area contributed by atoms with Gasteiger partial charge in [0.2, 0.25) is 0 Å². The summed E-state index contributed by atoms with van der Waals surface area (Å²) in [5, 5.41) is 4.90. The van der Waals surface area contributed by atoms with E-state index in [4.69, 9.17) is 4.98 Å². The summed E-state index contributed by atoms with van der Waals surface area (Å²) in [4.78, 5) is 9.01. The van der Waals surface area contributed by atoms with Gasteiger partial charge in [-0.3, -0.25) is 0 Å². The fourth-order valence-corrected chi connectivity index (χ4v) is 4.82. The lowest BCUT2D eigenvalue weighted by Crippen LogP contribution is -2.40. The topological polar surface area (TPSA) is 28.2 Å². The molecule has 1 saturated heterocycles. The molecule has 0 radical (unpaired) electrons. The quantitative estimate of drug-likeness (QED) is 0.920. The minimum absolute atomic E-state index is 0.436. The molecule has 0 aromatic carbocycles. The van der Waals surface area contributed by atoms with Crippen LogP contribution in [0.25, 0.3) is 0 Å². The number of piperidine rings is 1. The maximum Gasteiger partial charge on any atom is 0.185 e. The average molecular weight is 293 g/mol. The van der Waals surface area contributed by atoms with Gasteiger partial charge in [-0.1, -0.05) is 32.1 Å². The molecule has 1 aromatic heterocycles. The van der Waals surface area contributed by atoms with E-state index in [1.807, 2.05) is 11.3 Å². The Balaban J connectivity index is 1.81. The zero-order valence-electron chi connectivity index (χ0n) is 13.0. The first-order chi connectivity index (χ1) is 9.59. The Labute approximate surface area is 126 Å². The number of rotatable bonds is 3. The lowest BCUT2D eigenvalue weighted by molar-refractivity contribution is 0.293. The molecular formula is C16H27N3S. The molecule has 3 rings (SSSR count). The molecule has 1 unspecified atom stereocenters. The summed E-state index contributed by atoms with van der Waals surface area (Å²) < 4.78 is 0. The molecule has 4 heteroatoms. The van der Waals surface area contributed by atoms with E-state index >= 15 is 0 Å². The van der Waals surface area contributed by atoms with Crippen molar-refractivity contribution in [3.63, 3.8) is 0 Å². The molecular weight excluding hydrogens is 266 g/mol. The third kappa shape index (κ3) is 2.86. The monoisotopic (exact) mass is 293 g/mol. The standard InChI is InChI=1S/C16H27N3S/c1-4-17-12-7-5-8-13-14(12)20-15(18-13)19-10-6-9-16(2,3)11-19/h12,17H,4-11H2,1-3H3. The highest BCUT2D eigenvalue weighted by atomic mass is 32.1. The van der Waals surface area contributed by atoms with Crippen molar-refractivity contribution >= 4 is 16.5 Å². The van der Waals surface area contributed by atoms with Gasteiger partial charge < -0.3 is 10.2 Å². The van der Waals surface area contributed by atoms with E-state index < -0.39 is 0 Å². The highest BCUT2D eigenvalue weighted by molar-refractivity contribution is 7.15. The van der Waals surface area contributed by atoms with Crippen LogP contribution in [0.3, 0.4) is 0 Å². The van der Waals surface area contributed by atoms with Gasteiger partial charge in [-0.25, -0.2) is 4.98 Å². The Morgan fingerprint density at radius 3 is 3.00 bits per heavy atom. The van der Waals surface area contributed by atoms with Crippen molar-refractivity contribution in [1.29, 1.82) is 0 Å². The summed E-state index contributed by atoms with van der Waals surface area (Å²) in [6.07, 6.45) is 6.36. The Bertz CT molecular complexity index is 466. The molecule has 0 spiro atoms. The lowest BCUT2D eigenvalue weighted by atomic mass is 9.84. The van der Waals surface area contributed by atoms with Gasteiger partial charge in [0.05, 0.1) is 5.69 Å². The van der Waals surface area contributed by atoms with E-state index in [1.54, 1.807) is 0 Å². The van der Waals surface area contributed by atoms with Gasteiger partial charge in [0.1, 0.15) is 0 Å². The summed E-state index contributed by atoms with van der Waals surface area (Å²) in [5.74, 6) is 0. The van der Waals surface area contributed by atoms with Gasteiger partial charge >= 0.3 is 0 Å². The molecule has 1 N–H and O–H groups in total. The summed E-state index contributed by atoms with van der Waals surface area (Å²) in [5.41, 5.74) is 1.80. The smallest absolute Gasteiger partial charge is 0.185 e. The average Bonchev–Trinajstić information content (AvgIpc) is 2.83. The number of hydrogen-bond donors (Lipinski definition) is 1. The largest absolute Gasteiger partial charge is 0.348 e. The third-order valence-electron chi connectivity index (χ3n) is 4.56. The molecule has 112 valence electrons. The minimum atomic E-state index is 0.436. The summed E-state index contributed by atoms with van der Waals surface area (Å²) in [6, 6.07) is 0.549. The Kier molecular flexibility index (Phi) is 4.04. The first kappa shape index (κ1) is 14.3. The lowest BCUT2D eigenvalue weighted by Gasteiger charge is -2.37. The molecule has 1 aromatic rings. The van der Waals surface area contributed by atoms with Crippen LogP contribution in [0.15, 0.2) is 0 Å². The minimum Gasteiger partial charge on any atom is -0.348 e. The summed E-state index contributed by atoms with van der Waals surface area (Å²) >= 11 is 1.94. The van der Waals surface area contributed by atoms with Crippen LogP contribution in [-0.4, -0.2) is 24.6 Å². The van der Waals surface area contributed by atoms with Gasteiger partial charge in [0.15, 0.2) is 5.13 Å². The molecule has 1 fully saturated rings. The normalized spacial score (nSPS) is 25.6. The van der Waals surface area contributed by atoms with Crippen LogP contribution in [0, 0.1) is 5.41 Å². The number of hydrogen-bond acceptors (Lipinski definition) is 4. The molecule has 1 atom stereocenters. The molecule has 0 bridgehead atoms. The summed E-state index contributed by atoms with van der Waals surface area (Å²) in [7, 11) is 0. The number of nitrogens with one attached hydrogen (secondary N) is 1. The van der Waals surface area contributed by atoms with Crippen LogP contribution in [-0.2, 0) is 6.42 Å². The molecule has 3 nitrogen and oxygen atoms in total. The fraction of sp³-hybridized carbons (Fsp3) is 0.812.